The van der Waals surface area contributed by atoms with E-state index in [0.29, 0.717) is 0 Å². The quantitative estimate of drug-likeness (QED) is 0.472. The van der Waals surface area contributed by atoms with Gasteiger partial charge in [-0.05, 0) is 0 Å². The van der Waals surface area contributed by atoms with Crippen molar-refractivity contribution in [2.45, 2.75) is 89.1 Å². The molecule has 1 saturated heterocycles. The van der Waals surface area contributed by atoms with Gasteiger partial charge in [0.1, 0.15) is 0 Å². The fourth-order valence-corrected chi connectivity index (χ4v) is 19.3. The minimum absolute atomic E-state index is 0.0565. The number of hydrogen-bond donors (Lipinski definition) is 2. The first-order chi connectivity index (χ1) is 10.7. The molecule has 5 heteroatoms. The van der Waals surface area contributed by atoms with E-state index in [-0.39, 0.29) is 29.7 Å². The van der Waals surface area contributed by atoms with Crippen molar-refractivity contribution in [2.24, 2.45) is 0 Å². The Morgan fingerprint density at radius 1 is 0.727 bits per heavy atom. The van der Waals surface area contributed by atoms with Crippen LogP contribution in [0.2, 0.25) is 13.3 Å². The Hall–Kier alpha value is 0.639. The molecule has 0 aliphatic carbocycles. The molecule has 1 heterocycles. The molecule has 132 valence electrons. The van der Waals surface area contributed by atoms with Crippen LogP contribution in [-0.4, -0.2) is 58.3 Å². The molecule has 1 rings (SSSR count). The number of hydrogen-bond acceptors (Lipinski definition) is 4. The maximum absolute atomic E-state index is 9.49. The van der Waals surface area contributed by atoms with Crippen molar-refractivity contribution >= 4 is 18.4 Å². The van der Waals surface area contributed by atoms with Crippen LogP contribution >= 0.6 is 0 Å². The van der Waals surface area contributed by atoms with Crippen molar-refractivity contribution in [1.29, 1.82) is 0 Å². The molecule has 0 aromatic carbocycles. The molecule has 2 atom stereocenters. The van der Waals surface area contributed by atoms with Crippen molar-refractivity contribution < 1.29 is 19.7 Å². The van der Waals surface area contributed by atoms with Crippen LogP contribution in [0.5, 0.6) is 0 Å². The summed E-state index contributed by atoms with van der Waals surface area (Å²) >= 11 is -2.60. The van der Waals surface area contributed by atoms with Gasteiger partial charge in [0.15, 0.2) is 0 Å². The topological polar surface area (TPSA) is 58.9 Å². The molecule has 4 nitrogen and oxygen atoms in total. The van der Waals surface area contributed by atoms with Crippen molar-refractivity contribution in [3.05, 3.63) is 0 Å². The summed E-state index contributed by atoms with van der Waals surface area (Å²) < 4.78 is 16.1. The predicted octanol–water partition coefficient (Wildman–Crippen LogP) is 3.47. The van der Waals surface area contributed by atoms with E-state index in [1.165, 1.54) is 51.8 Å². The van der Waals surface area contributed by atoms with Crippen molar-refractivity contribution in [3.63, 3.8) is 0 Å². The average molecular weight is 423 g/mol. The fraction of sp³-hybridized carbons (Fsp3) is 1.00. The van der Waals surface area contributed by atoms with Gasteiger partial charge < -0.3 is 0 Å². The summed E-state index contributed by atoms with van der Waals surface area (Å²) in [5.41, 5.74) is 0. The molecule has 1 fully saturated rings. The number of aliphatic hydroxyl groups excluding tert-OH is 2. The zero-order valence-electron chi connectivity index (χ0n) is 14.7. The molecule has 22 heavy (non-hydrogen) atoms. The SMILES string of the molecule is CCC[CH2][Sn]([CH2]CCC)([CH2]CCC)[CH]1O[C@H](CO)[C@@H](CO)O1. The molecule has 0 aromatic rings. The normalized spacial score (nSPS) is 23.3. The standard InChI is InChI=1S/C5H9O4.3C4H9.Sn/c6-1-4-5(2-7)9-3-8-4;3*1-3-4-2;/h3-7H,1-2H2;3*1,3-4H2,2H3;/t4-,5-;;;;/m1..../s1. The predicted molar refractivity (Wildman–Crippen MR) is 92.6 cm³/mol. The molecule has 1 aliphatic heterocycles. The third-order valence-electron chi connectivity index (χ3n) is 4.96. The molecule has 2 N–H and O–H groups in total. The van der Waals surface area contributed by atoms with Crippen LogP contribution in [0.1, 0.15) is 59.3 Å². The molecule has 0 bridgehead atoms. The van der Waals surface area contributed by atoms with Gasteiger partial charge in [-0.15, -0.1) is 0 Å². The Morgan fingerprint density at radius 2 is 1.09 bits per heavy atom. The summed E-state index contributed by atoms with van der Waals surface area (Å²) in [5.74, 6) is 0. The van der Waals surface area contributed by atoms with E-state index in [1.807, 2.05) is 0 Å². The molecule has 0 radical (unpaired) electrons. The first-order valence-corrected chi connectivity index (χ1v) is 16.9. The Kier molecular flexibility index (Phi) is 10.6. The Bertz CT molecular complexity index is 254. The van der Waals surface area contributed by atoms with Crippen LogP contribution in [0, 0.1) is 0 Å². The van der Waals surface area contributed by atoms with Crippen LogP contribution < -0.4 is 0 Å². The first-order valence-electron chi connectivity index (χ1n) is 9.20. The van der Waals surface area contributed by atoms with Crippen molar-refractivity contribution in [2.75, 3.05) is 13.2 Å². The summed E-state index contributed by atoms with van der Waals surface area (Å²) in [6.45, 7) is 6.64. The number of ether oxygens (including phenoxy) is 2. The van der Waals surface area contributed by atoms with Crippen molar-refractivity contribution in [1.82, 2.24) is 0 Å². The van der Waals surface area contributed by atoms with Crippen LogP contribution in [0.4, 0.5) is 0 Å². The van der Waals surface area contributed by atoms with Crippen LogP contribution in [0.3, 0.4) is 0 Å². The van der Waals surface area contributed by atoms with E-state index < -0.39 is 18.4 Å². The number of aliphatic hydroxyl groups is 2. The molecule has 0 spiro atoms. The van der Waals surface area contributed by atoms with Gasteiger partial charge in [-0.2, -0.15) is 0 Å². The molecule has 1 aliphatic rings. The van der Waals surface area contributed by atoms with E-state index in [2.05, 4.69) is 20.8 Å². The van der Waals surface area contributed by atoms with Crippen LogP contribution in [0.25, 0.3) is 0 Å². The zero-order chi connectivity index (χ0) is 16.4. The maximum atomic E-state index is 9.49. The molecular formula is C17H36O4Sn. The van der Waals surface area contributed by atoms with E-state index in [4.69, 9.17) is 9.47 Å². The zero-order valence-corrected chi connectivity index (χ0v) is 17.6. The Morgan fingerprint density at radius 3 is 1.36 bits per heavy atom. The van der Waals surface area contributed by atoms with Crippen LogP contribution in [0.15, 0.2) is 0 Å². The molecule has 0 saturated carbocycles. The molecule has 0 unspecified atom stereocenters. The number of rotatable bonds is 12. The third-order valence-corrected chi connectivity index (χ3v) is 20.1. The average Bonchev–Trinajstić information content (AvgIpc) is 2.98. The van der Waals surface area contributed by atoms with E-state index in [9.17, 15) is 10.2 Å². The monoisotopic (exact) mass is 424 g/mol. The van der Waals surface area contributed by atoms with E-state index in [1.54, 1.807) is 0 Å². The molecular weight excluding hydrogens is 387 g/mol. The Balaban J connectivity index is 2.89. The van der Waals surface area contributed by atoms with Gasteiger partial charge in [0.05, 0.1) is 0 Å². The van der Waals surface area contributed by atoms with Gasteiger partial charge in [0.25, 0.3) is 0 Å². The van der Waals surface area contributed by atoms with Gasteiger partial charge in [-0.1, -0.05) is 0 Å². The van der Waals surface area contributed by atoms with Gasteiger partial charge in [0, 0.05) is 0 Å². The summed E-state index contributed by atoms with van der Waals surface area (Å²) in [4.78, 5) is 0. The first kappa shape index (κ1) is 20.7. The minimum atomic E-state index is -2.60. The summed E-state index contributed by atoms with van der Waals surface area (Å²) in [7, 11) is 0. The van der Waals surface area contributed by atoms with Gasteiger partial charge in [-0.3, -0.25) is 0 Å². The summed E-state index contributed by atoms with van der Waals surface area (Å²) in [6, 6.07) is 0. The molecule has 0 amide bonds. The third kappa shape index (κ3) is 5.62. The van der Waals surface area contributed by atoms with Gasteiger partial charge in [-0.25, -0.2) is 0 Å². The van der Waals surface area contributed by atoms with E-state index >= 15 is 0 Å². The summed E-state index contributed by atoms with van der Waals surface area (Å²) in [6.07, 6.45) is 6.77. The fourth-order valence-electron chi connectivity index (χ4n) is 3.45. The molecule has 0 aromatic heterocycles. The van der Waals surface area contributed by atoms with Crippen molar-refractivity contribution in [3.8, 4) is 0 Å². The second kappa shape index (κ2) is 11.2. The Labute approximate surface area is 140 Å². The number of unbranched alkanes of at least 4 members (excludes halogenated alkanes) is 3. The van der Waals surface area contributed by atoms with Gasteiger partial charge >= 0.3 is 140 Å². The van der Waals surface area contributed by atoms with E-state index in [0.717, 1.165) is 0 Å². The van der Waals surface area contributed by atoms with Gasteiger partial charge in [0.2, 0.25) is 0 Å². The second-order valence-electron chi connectivity index (χ2n) is 6.72. The summed E-state index contributed by atoms with van der Waals surface area (Å²) in [5, 5.41) is 19.0. The second-order valence-corrected chi connectivity index (χ2v) is 20.1. The van der Waals surface area contributed by atoms with Crippen LogP contribution in [-0.2, 0) is 9.47 Å².